The van der Waals surface area contributed by atoms with Crippen LogP contribution in [0, 0.1) is 0 Å². The van der Waals surface area contributed by atoms with Crippen LogP contribution < -0.4 is 5.32 Å². The first-order chi connectivity index (χ1) is 4.76. The molecule has 0 atom stereocenters. The van der Waals surface area contributed by atoms with E-state index >= 15 is 0 Å². The van der Waals surface area contributed by atoms with Crippen molar-refractivity contribution in [3.05, 3.63) is 0 Å². The molecule has 0 heterocycles. The van der Waals surface area contributed by atoms with Crippen LogP contribution in [0.4, 0.5) is 0 Å². The van der Waals surface area contributed by atoms with Crippen LogP contribution in [0.2, 0.25) is 0 Å². The van der Waals surface area contributed by atoms with Gasteiger partial charge in [0.2, 0.25) is 0 Å². The molecule has 1 N–H and O–H groups in total. The Labute approximate surface area is 71.3 Å². The van der Waals surface area contributed by atoms with Crippen LogP contribution in [0.25, 0.3) is 0 Å². The third kappa shape index (κ3) is 3.23. The molecule has 0 aliphatic carbocycles. The minimum absolute atomic E-state index is 0.985. The van der Waals surface area contributed by atoms with Crippen molar-refractivity contribution in [3.8, 4) is 0 Å². The Hall–Kier alpha value is -0.0105. The molecule has 0 rings (SSSR count). The van der Waals surface area contributed by atoms with E-state index in [1.165, 1.54) is 0 Å². The van der Waals surface area contributed by atoms with Gasteiger partial charge in [0.25, 0.3) is 0 Å². The topological polar surface area (TPSA) is 15.3 Å². The molecule has 0 saturated carbocycles. The summed E-state index contributed by atoms with van der Waals surface area (Å²) in [4.78, 5) is 2.25. The average Bonchev–Trinajstić information content (AvgIpc) is 1.91. The maximum absolute atomic E-state index is 3.23. The third-order valence-electron chi connectivity index (χ3n) is 1.38. The van der Waals surface area contributed by atoms with Gasteiger partial charge in [-0.05, 0) is 0 Å². The summed E-state index contributed by atoms with van der Waals surface area (Å²) >= 11 is 3.01. The van der Waals surface area contributed by atoms with Gasteiger partial charge in [0.05, 0.1) is 0 Å². The Morgan fingerprint density at radius 2 is 1.80 bits per heavy atom. The van der Waals surface area contributed by atoms with Crippen molar-refractivity contribution < 1.29 is 0 Å². The van der Waals surface area contributed by atoms with E-state index in [2.05, 4.69) is 46.6 Å². The van der Waals surface area contributed by atoms with Gasteiger partial charge in [-0.1, -0.05) is 0 Å². The Kier molecular flexibility index (Phi) is 5.74. The van der Waals surface area contributed by atoms with Gasteiger partial charge in [-0.2, -0.15) is 0 Å². The first-order valence-corrected chi connectivity index (χ1v) is 4.64. The number of nitrogens with zero attached hydrogens (tertiary/aromatic N) is 1. The number of rotatable bonds is 5. The van der Waals surface area contributed by atoms with Crippen molar-refractivity contribution in [2.45, 2.75) is 20.8 Å². The van der Waals surface area contributed by atoms with Crippen molar-refractivity contribution in [2.24, 2.45) is 0 Å². The third-order valence-corrected chi connectivity index (χ3v) is 2.22. The van der Waals surface area contributed by atoms with E-state index in [9.17, 15) is 0 Å². The van der Waals surface area contributed by atoms with Gasteiger partial charge in [0, 0.05) is 0 Å². The van der Waals surface area contributed by atoms with Crippen LogP contribution in [0.15, 0.2) is 0 Å². The quantitative estimate of drug-likeness (QED) is 0.647. The van der Waals surface area contributed by atoms with Gasteiger partial charge in [-0.3, -0.25) is 0 Å². The molecule has 60 valence electrons. The predicted molar refractivity (Wildman–Crippen MR) is 47.4 cm³/mol. The second-order valence-electron chi connectivity index (χ2n) is 2.01. The van der Waals surface area contributed by atoms with Crippen LogP contribution in [0.3, 0.4) is 0 Å². The van der Waals surface area contributed by atoms with E-state index in [1.54, 1.807) is 0 Å². The summed E-state index contributed by atoms with van der Waals surface area (Å²) in [7, 11) is 0. The molecule has 0 aliphatic heterocycles. The molecule has 0 aromatic heterocycles. The van der Waals surface area contributed by atoms with E-state index in [0.717, 1.165) is 24.3 Å². The second-order valence-corrected chi connectivity index (χ2v) is 2.82. The van der Waals surface area contributed by atoms with Gasteiger partial charge in [-0.25, -0.2) is 0 Å². The van der Waals surface area contributed by atoms with Crippen LogP contribution >= 0.6 is 0 Å². The standard InChI is InChI=1S/C7H16N2Se/c1-4-8-7(10)9(5-2)6-3/h4-6H2,1-3H3,(H,8,10). The number of hydrogen-bond acceptors (Lipinski definition) is 2. The van der Waals surface area contributed by atoms with E-state index in [4.69, 9.17) is 0 Å². The maximum atomic E-state index is 3.23. The zero-order valence-electron chi connectivity index (χ0n) is 6.98. The number of hydrogen-bond donors (Lipinski definition) is 1. The van der Waals surface area contributed by atoms with Gasteiger partial charge in [0.15, 0.2) is 0 Å². The summed E-state index contributed by atoms with van der Waals surface area (Å²) < 4.78 is 1.16. The van der Waals surface area contributed by atoms with E-state index in [0.29, 0.717) is 0 Å². The fourth-order valence-electron chi connectivity index (χ4n) is 0.774. The molecule has 0 fully saturated rings. The first-order valence-electron chi connectivity index (χ1n) is 3.79. The molecular formula is C7H16N2Se. The summed E-state index contributed by atoms with van der Waals surface area (Å²) in [6.07, 6.45) is 0. The van der Waals surface area contributed by atoms with E-state index in [1.807, 2.05) is 0 Å². The summed E-state index contributed by atoms with van der Waals surface area (Å²) in [5.41, 5.74) is 0. The molecule has 0 aromatic carbocycles. The summed E-state index contributed by atoms with van der Waals surface area (Å²) in [6, 6.07) is 0. The molecule has 0 spiro atoms. The van der Waals surface area contributed by atoms with Crippen molar-refractivity contribution >= 4 is 20.2 Å². The molecule has 0 aromatic rings. The Morgan fingerprint density at radius 1 is 1.30 bits per heavy atom. The second kappa shape index (κ2) is 5.75. The van der Waals surface area contributed by atoms with Crippen LogP contribution in [0.1, 0.15) is 20.8 Å². The molecular weight excluding hydrogens is 191 g/mol. The zero-order valence-corrected chi connectivity index (χ0v) is 8.69. The van der Waals surface area contributed by atoms with Crippen LogP contribution in [-0.2, 0) is 0 Å². The summed E-state index contributed by atoms with van der Waals surface area (Å²) in [5, 5.41) is 3.23. The average molecular weight is 207 g/mol. The van der Waals surface area contributed by atoms with Crippen molar-refractivity contribution in [1.82, 2.24) is 10.2 Å². The first kappa shape index (κ1) is 9.99. The van der Waals surface area contributed by atoms with Crippen LogP contribution in [0.5, 0.6) is 0 Å². The van der Waals surface area contributed by atoms with E-state index < -0.39 is 0 Å². The van der Waals surface area contributed by atoms with Gasteiger partial charge in [0.1, 0.15) is 0 Å². The number of nitrogens with one attached hydrogen (secondary N) is 1. The molecule has 10 heavy (non-hydrogen) atoms. The van der Waals surface area contributed by atoms with Crippen molar-refractivity contribution in [1.29, 1.82) is 0 Å². The molecule has 0 saturated heterocycles. The van der Waals surface area contributed by atoms with Crippen molar-refractivity contribution in [3.63, 3.8) is 0 Å². The van der Waals surface area contributed by atoms with Crippen molar-refractivity contribution in [2.75, 3.05) is 19.6 Å². The summed E-state index contributed by atoms with van der Waals surface area (Å²) in [6.45, 7) is 9.51. The normalized spacial score (nSPS) is 9.10. The Morgan fingerprint density at radius 3 is 2.10 bits per heavy atom. The van der Waals surface area contributed by atoms with Gasteiger partial charge < -0.3 is 0 Å². The summed E-state index contributed by atoms with van der Waals surface area (Å²) in [5.74, 6) is 0. The fraction of sp³-hybridized carbons (Fsp3) is 0.857. The molecule has 2 nitrogen and oxygen atoms in total. The predicted octanol–water partition coefficient (Wildman–Crippen LogP) is 0.194. The monoisotopic (exact) mass is 208 g/mol. The molecule has 0 unspecified atom stereocenters. The molecule has 0 amide bonds. The Balaban J connectivity index is 3.65. The molecule has 3 heteroatoms. The SMILES string of the molecule is CCNC(=[Se])N(CC)CC. The zero-order chi connectivity index (χ0) is 7.98. The minimum atomic E-state index is 0.985. The van der Waals surface area contributed by atoms with Crippen LogP contribution in [-0.4, -0.2) is 44.8 Å². The fourth-order valence-corrected chi connectivity index (χ4v) is 1.62. The molecule has 0 aliphatic rings. The van der Waals surface area contributed by atoms with Gasteiger partial charge >= 0.3 is 70.9 Å². The van der Waals surface area contributed by atoms with Gasteiger partial charge in [-0.15, -0.1) is 0 Å². The molecule has 0 radical (unpaired) electrons. The van der Waals surface area contributed by atoms with E-state index in [-0.39, 0.29) is 0 Å². The molecule has 0 bridgehead atoms. The Bertz CT molecular complexity index is 99.8.